The van der Waals surface area contributed by atoms with Crippen LogP contribution in [0.5, 0.6) is 11.5 Å². The summed E-state index contributed by atoms with van der Waals surface area (Å²) in [6, 6.07) is 4.94. The molecule has 0 bridgehead atoms. The summed E-state index contributed by atoms with van der Waals surface area (Å²) in [5.41, 5.74) is 0.475. The van der Waals surface area contributed by atoms with Crippen molar-refractivity contribution in [3.63, 3.8) is 0 Å². The third kappa shape index (κ3) is 2.94. The maximum Gasteiger partial charge on any atom is 0.253 e. The zero-order chi connectivity index (χ0) is 13.7. The highest BCUT2D eigenvalue weighted by atomic mass is 16.5. The van der Waals surface area contributed by atoms with Gasteiger partial charge in [-0.3, -0.25) is 4.79 Å². The van der Waals surface area contributed by atoms with E-state index in [4.69, 9.17) is 4.74 Å². The van der Waals surface area contributed by atoms with Crippen molar-refractivity contribution >= 4 is 5.91 Å². The van der Waals surface area contributed by atoms with E-state index in [1.54, 1.807) is 24.1 Å². The second kappa shape index (κ2) is 6.28. The van der Waals surface area contributed by atoms with Gasteiger partial charge in [-0.15, -0.1) is 0 Å². The van der Waals surface area contributed by atoms with Crippen molar-refractivity contribution in [2.24, 2.45) is 0 Å². The van der Waals surface area contributed by atoms with E-state index in [0.29, 0.717) is 11.3 Å². The number of phenolic OH excluding ortho intramolecular Hbond substituents is 1. The first-order valence-electron chi connectivity index (χ1n) is 6.19. The highest BCUT2D eigenvalue weighted by Gasteiger charge is 2.19. The van der Waals surface area contributed by atoms with Crippen LogP contribution in [0.1, 0.15) is 37.0 Å². The van der Waals surface area contributed by atoms with E-state index in [1.807, 2.05) is 0 Å². The average molecular weight is 251 g/mol. The quantitative estimate of drug-likeness (QED) is 0.875. The van der Waals surface area contributed by atoms with Crippen LogP contribution in [0.15, 0.2) is 18.2 Å². The van der Waals surface area contributed by atoms with Gasteiger partial charge in [0, 0.05) is 18.7 Å². The summed E-state index contributed by atoms with van der Waals surface area (Å²) in [6.07, 6.45) is 1.84. The van der Waals surface area contributed by atoms with Crippen LogP contribution in [0.3, 0.4) is 0 Å². The van der Waals surface area contributed by atoms with Crippen LogP contribution in [0.2, 0.25) is 0 Å². The number of benzene rings is 1. The largest absolute Gasteiger partial charge is 0.504 e. The molecule has 0 radical (unpaired) electrons. The second-order valence-corrected chi connectivity index (χ2v) is 4.27. The molecule has 0 atom stereocenters. The lowest BCUT2D eigenvalue weighted by Gasteiger charge is -2.26. The Labute approximate surface area is 108 Å². The minimum Gasteiger partial charge on any atom is -0.504 e. The monoisotopic (exact) mass is 251 g/mol. The third-order valence-electron chi connectivity index (χ3n) is 3.24. The third-order valence-corrected chi connectivity index (χ3v) is 3.24. The van der Waals surface area contributed by atoms with Gasteiger partial charge in [-0.1, -0.05) is 13.8 Å². The van der Waals surface area contributed by atoms with E-state index < -0.39 is 0 Å². The van der Waals surface area contributed by atoms with Crippen LogP contribution >= 0.6 is 0 Å². The Bertz CT molecular complexity index is 414. The molecule has 0 aliphatic heterocycles. The van der Waals surface area contributed by atoms with Crippen LogP contribution in [-0.4, -0.2) is 36.1 Å². The first-order chi connectivity index (χ1) is 8.54. The Morgan fingerprint density at radius 2 is 2.00 bits per heavy atom. The molecule has 1 amide bonds. The van der Waals surface area contributed by atoms with Crippen LogP contribution in [0.25, 0.3) is 0 Å². The number of nitrogens with zero attached hydrogens (tertiary/aromatic N) is 1. The highest BCUT2D eigenvalue weighted by Crippen LogP contribution is 2.27. The number of amides is 1. The summed E-state index contributed by atoms with van der Waals surface area (Å²) in [5, 5.41) is 9.68. The molecule has 1 aromatic carbocycles. The molecule has 1 rings (SSSR count). The molecule has 1 N–H and O–H groups in total. The molecule has 18 heavy (non-hydrogen) atoms. The molecule has 0 unspecified atom stereocenters. The summed E-state index contributed by atoms with van der Waals surface area (Å²) in [5.74, 6) is 0.277. The minimum absolute atomic E-state index is 0.0127. The summed E-state index contributed by atoms with van der Waals surface area (Å²) in [4.78, 5) is 14.0. The Kier molecular flexibility index (Phi) is 5.01. The fraction of sp³-hybridized carbons (Fsp3) is 0.500. The normalized spacial score (nSPS) is 10.5. The van der Waals surface area contributed by atoms with Crippen molar-refractivity contribution in [3.05, 3.63) is 23.8 Å². The zero-order valence-electron chi connectivity index (χ0n) is 11.4. The fourth-order valence-electron chi connectivity index (χ4n) is 2.03. The van der Waals surface area contributed by atoms with Crippen molar-refractivity contribution < 1.29 is 14.6 Å². The van der Waals surface area contributed by atoms with Crippen LogP contribution in [0.4, 0.5) is 0 Å². The van der Waals surface area contributed by atoms with E-state index in [-0.39, 0.29) is 17.7 Å². The first kappa shape index (κ1) is 14.4. The lowest BCUT2D eigenvalue weighted by atomic mass is 10.1. The number of methoxy groups -OCH3 is 1. The van der Waals surface area contributed by atoms with Gasteiger partial charge in [-0.2, -0.15) is 0 Å². The first-order valence-corrected chi connectivity index (χ1v) is 6.19. The van der Waals surface area contributed by atoms with Gasteiger partial charge in [0.2, 0.25) is 0 Å². The Balaban J connectivity index is 2.93. The van der Waals surface area contributed by atoms with Gasteiger partial charge >= 0.3 is 0 Å². The van der Waals surface area contributed by atoms with Crippen molar-refractivity contribution in [2.45, 2.75) is 32.7 Å². The highest BCUT2D eigenvalue weighted by molar-refractivity contribution is 5.94. The molecule has 0 fully saturated rings. The number of carbonyl (C=O) groups is 1. The SMILES string of the molecule is CCC(CC)N(C)C(=O)c1ccc(OC)c(O)c1. The van der Waals surface area contributed by atoms with Gasteiger partial charge in [-0.25, -0.2) is 0 Å². The molecule has 4 nitrogen and oxygen atoms in total. The van der Waals surface area contributed by atoms with Crippen molar-refractivity contribution in [1.82, 2.24) is 4.90 Å². The molecular formula is C14H21NO3. The lowest BCUT2D eigenvalue weighted by Crippen LogP contribution is -2.36. The minimum atomic E-state index is -0.0818. The molecule has 0 spiro atoms. The average Bonchev–Trinajstić information content (AvgIpc) is 2.39. The molecular weight excluding hydrogens is 230 g/mol. The molecule has 0 heterocycles. The smallest absolute Gasteiger partial charge is 0.253 e. The molecule has 0 saturated heterocycles. The predicted molar refractivity (Wildman–Crippen MR) is 71.1 cm³/mol. The number of carbonyl (C=O) groups excluding carboxylic acids is 1. The summed E-state index contributed by atoms with van der Waals surface area (Å²) < 4.78 is 4.96. The van der Waals surface area contributed by atoms with Gasteiger partial charge in [0.25, 0.3) is 5.91 Å². The van der Waals surface area contributed by atoms with Crippen LogP contribution in [-0.2, 0) is 0 Å². The van der Waals surface area contributed by atoms with E-state index in [0.717, 1.165) is 12.8 Å². The fourth-order valence-corrected chi connectivity index (χ4v) is 2.03. The van der Waals surface area contributed by atoms with Crippen LogP contribution < -0.4 is 4.74 Å². The van der Waals surface area contributed by atoms with Crippen LogP contribution in [0, 0.1) is 0 Å². The van der Waals surface area contributed by atoms with E-state index >= 15 is 0 Å². The number of rotatable bonds is 5. The van der Waals surface area contributed by atoms with Gasteiger partial charge in [0.1, 0.15) is 0 Å². The van der Waals surface area contributed by atoms with Crippen molar-refractivity contribution in [2.75, 3.05) is 14.2 Å². The number of phenols is 1. The predicted octanol–water partition coefficient (Wildman–Crippen LogP) is 2.66. The molecule has 4 heteroatoms. The Morgan fingerprint density at radius 3 is 2.44 bits per heavy atom. The molecule has 1 aromatic rings. The molecule has 0 saturated carbocycles. The number of hydrogen-bond donors (Lipinski definition) is 1. The van der Waals surface area contributed by atoms with Gasteiger partial charge in [0.15, 0.2) is 11.5 Å². The molecule has 0 aliphatic rings. The topological polar surface area (TPSA) is 49.8 Å². The standard InChI is InChI=1S/C14H21NO3/c1-5-11(6-2)15(3)14(17)10-7-8-13(18-4)12(16)9-10/h7-9,11,16H,5-6H2,1-4H3. The molecule has 0 aromatic heterocycles. The Morgan fingerprint density at radius 1 is 1.39 bits per heavy atom. The maximum atomic E-state index is 12.2. The maximum absolute atomic E-state index is 12.2. The number of hydrogen-bond acceptors (Lipinski definition) is 3. The van der Waals surface area contributed by atoms with Gasteiger partial charge < -0.3 is 14.7 Å². The lowest BCUT2D eigenvalue weighted by molar-refractivity contribution is 0.0723. The van der Waals surface area contributed by atoms with E-state index in [9.17, 15) is 9.90 Å². The van der Waals surface area contributed by atoms with E-state index in [1.165, 1.54) is 13.2 Å². The number of aromatic hydroxyl groups is 1. The summed E-state index contributed by atoms with van der Waals surface area (Å²) in [7, 11) is 3.27. The van der Waals surface area contributed by atoms with Crippen molar-refractivity contribution in [3.8, 4) is 11.5 Å². The molecule has 0 aliphatic carbocycles. The van der Waals surface area contributed by atoms with E-state index in [2.05, 4.69) is 13.8 Å². The Hall–Kier alpha value is -1.71. The summed E-state index contributed by atoms with van der Waals surface area (Å²) in [6.45, 7) is 4.12. The second-order valence-electron chi connectivity index (χ2n) is 4.27. The van der Waals surface area contributed by atoms with Gasteiger partial charge in [-0.05, 0) is 31.0 Å². The zero-order valence-corrected chi connectivity index (χ0v) is 11.4. The van der Waals surface area contributed by atoms with Crippen molar-refractivity contribution in [1.29, 1.82) is 0 Å². The summed E-state index contributed by atoms with van der Waals surface area (Å²) >= 11 is 0. The number of ether oxygens (including phenoxy) is 1. The molecule has 100 valence electrons. The van der Waals surface area contributed by atoms with Gasteiger partial charge in [0.05, 0.1) is 7.11 Å².